The molecule has 4 rings (SSSR count). The summed E-state index contributed by atoms with van der Waals surface area (Å²) in [4.78, 5) is 21.5. The molecule has 4 aromatic rings. The molecule has 0 spiro atoms. The van der Waals surface area contributed by atoms with Gasteiger partial charge in [-0.05, 0) is 48.2 Å². The minimum Gasteiger partial charge on any atom is -0.341 e. The Labute approximate surface area is 156 Å². The first-order valence-electron chi connectivity index (χ1n) is 8.70. The number of nitrogens with one attached hydrogen (secondary N) is 1. The number of fused-ring (bicyclic) bond motifs is 1. The summed E-state index contributed by atoms with van der Waals surface area (Å²) in [7, 11) is 0. The monoisotopic (exact) mass is 357 g/mol. The molecule has 0 radical (unpaired) electrons. The molecule has 0 saturated heterocycles. The summed E-state index contributed by atoms with van der Waals surface area (Å²) in [6, 6.07) is 11.6. The maximum absolute atomic E-state index is 13.1. The molecule has 6 nitrogen and oxygen atoms in total. The lowest BCUT2D eigenvalue weighted by atomic mass is 9.95. The van der Waals surface area contributed by atoms with Gasteiger partial charge in [-0.3, -0.25) is 9.78 Å². The molecule has 27 heavy (non-hydrogen) atoms. The first kappa shape index (κ1) is 16.9. The number of hydrogen-bond acceptors (Lipinski definition) is 4. The highest BCUT2D eigenvalue weighted by atomic mass is 16.1. The summed E-state index contributed by atoms with van der Waals surface area (Å²) >= 11 is 0. The van der Waals surface area contributed by atoms with Gasteiger partial charge >= 0.3 is 0 Å². The predicted molar refractivity (Wildman–Crippen MR) is 102 cm³/mol. The average Bonchev–Trinajstić information content (AvgIpc) is 3.10. The van der Waals surface area contributed by atoms with Crippen molar-refractivity contribution in [3.8, 4) is 0 Å². The van der Waals surface area contributed by atoms with Crippen LogP contribution in [0.2, 0.25) is 0 Å². The van der Waals surface area contributed by atoms with Crippen LogP contribution in [-0.4, -0.2) is 25.5 Å². The van der Waals surface area contributed by atoms with Crippen molar-refractivity contribution < 1.29 is 4.79 Å². The standard InChI is InChI=1S/C21H19N5O/c1-14-11-23-20-18(12-24-26(20)13-14)21(27)25-19(16-7-9-22-10-8-16)17-6-4-3-5-15(17)2/h3-13,19H,1-2H3,(H,25,27)/t19-/m1/s1. The molecule has 1 atom stereocenters. The van der Waals surface area contributed by atoms with Crippen molar-refractivity contribution in [2.75, 3.05) is 0 Å². The number of benzene rings is 1. The molecule has 0 fully saturated rings. The van der Waals surface area contributed by atoms with Crippen LogP contribution in [0, 0.1) is 13.8 Å². The molecule has 0 aliphatic carbocycles. The summed E-state index contributed by atoms with van der Waals surface area (Å²) in [5, 5.41) is 7.39. The van der Waals surface area contributed by atoms with E-state index in [0.29, 0.717) is 11.2 Å². The highest BCUT2D eigenvalue weighted by molar-refractivity contribution is 6.00. The Hall–Kier alpha value is -3.54. The summed E-state index contributed by atoms with van der Waals surface area (Å²) in [5.74, 6) is -0.216. The Morgan fingerprint density at radius 2 is 1.85 bits per heavy atom. The zero-order chi connectivity index (χ0) is 18.8. The topological polar surface area (TPSA) is 72.2 Å². The van der Waals surface area contributed by atoms with E-state index in [0.717, 1.165) is 22.3 Å². The number of carbonyl (C=O) groups is 1. The molecule has 0 aliphatic rings. The normalized spacial score (nSPS) is 12.1. The van der Waals surface area contributed by atoms with E-state index in [2.05, 4.69) is 20.4 Å². The lowest BCUT2D eigenvalue weighted by Crippen LogP contribution is -2.29. The second-order valence-electron chi connectivity index (χ2n) is 6.50. The summed E-state index contributed by atoms with van der Waals surface area (Å²) in [6.45, 7) is 3.97. The fourth-order valence-corrected chi connectivity index (χ4v) is 3.14. The van der Waals surface area contributed by atoms with Crippen LogP contribution in [0.25, 0.3) is 5.65 Å². The lowest BCUT2D eigenvalue weighted by Gasteiger charge is -2.21. The van der Waals surface area contributed by atoms with Crippen molar-refractivity contribution in [2.45, 2.75) is 19.9 Å². The highest BCUT2D eigenvalue weighted by Gasteiger charge is 2.22. The van der Waals surface area contributed by atoms with E-state index in [4.69, 9.17) is 0 Å². The number of rotatable bonds is 4. The zero-order valence-corrected chi connectivity index (χ0v) is 15.1. The van der Waals surface area contributed by atoms with Crippen LogP contribution < -0.4 is 5.32 Å². The van der Waals surface area contributed by atoms with Crippen LogP contribution in [-0.2, 0) is 0 Å². The van der Waals surface area contributed by atoms with Gasteiger partial charge in [-0.2, -0.15) is 5.10 Å². The molecular weight excluding hydrogens is 338 g/mol. The molecule has 1 amide bonds. The second kappa shape index (κ2) is 6.99. The van der Waals surface area contributed by atoms with Crippen molar-refractivity contribution in [3.63, 3.8) is 0 Å². The van der Waals surface area contributed by atoms with Gasteiger partial charge in [-0.1, -0.05) is 24.3 Å². The van der Waals surface area contributed by atoms with Gasteiger partial charge in [-0.25, -0.2) is 9.50 Å². The summed E-state index contributed by atoms with van der Waals surface area (Å²) < 4.78 is 1.62. The molecule has 1 N–H and O–H groups in total. The molecule has 3 aromatic heterocycles. The number of aryl methyl sites for hydroxylation is 2. The molecule has 134 valence electrons. The molecule has 0 bridgehead atoms. The van der Waals surface area contributed by atoms with E-state index in [-0.39, 0.29) is 11.9 Å². The lowest BCUT2D eigenvalue weighted by molar-refractivity contribution is 0.0944. The first-order valence-corrected chi connectivity index (χ1v) is 8.70. The van der Waals surface area contributed by atoms with Gasteiger partial charge < -0.3 is 5.32 Å². The Kier molecular flexibility index (Phi) is 4.38. The summed E-state index contributed by atoms with van der Waals surface area (Å²) in [5.41, 5.74) is 5.07. The van der Waals surface area contributed by atoms with Gasteiger partial charge in [0, 0.05) is 24.8 Å². The number of amides is 1. The Bertz CT molecular complexity index is 1100. The van der Waals surface area contributed by atoms with Crippen LogP contribution in [0.15, 0.2) is 67.4 Å². The molecule has 0 saturated carbocycles. The maximum atomic E-state index is 13.1. The Balaban J connectivity index is 1.73. The van der Waals surface area contributed by atoms with Gasteiger partial charge in [0.15, 0.2) is 5.65 Å². The number of aromatic nitrogens is 4. The molecular formula is C21H19N5O. The van der Waals surface area contributed by atoms with E-state index in [1.165, 1.54) is 0 Å². The molecule has 0 unspecified atom stereocenters. The number of nitrogens with zero attached hydrogens (tertiary/aromatic N) is 4. The van der Waals surface area contributed by atoms with E-state index in [1.54, 1.807) is 29.3 Å². The van der Waals surface area contributed by atoms with Crippen molar-refractivity contribution in [1.29, 1.82) is 0 Å². The second-order valence-corrected chi connectivity index (χ2v) is 6.50. The van der Waals surface area contributed by atoms with Crippen molar-refractivity contribution >= 4 is 11.6 Å². The van der Waals surface area contributed by atoms with E-state index in [9.17, 15) is 4.79 Å². The van der Waals surface area contributed by atoms with Crippen LogP contribution in [0.5, 0.6) is 0 Å². The third kappa shape index (κ3) is 3.29. The highest BCUT2D eigenvalue weighted by Crippen LogP contribution is 2.25. The van der Waals surface area contributed by atoms with Crippen molar-refractivity contribution in [1.82, 2.24) is 24.9 Å². The number of carbonyl (C=O) groups excluding carboxylic acids is 1. The number of pyridine rings is 1. The van der Waals surface area contributed by atoms with Crippen LogP contribution in [0.1, 0.15) is 38.7 Å². The minimum absolute atomic E-state index is 0.216. The van der Waals surface area contributed by atoms with Crippen LogP contribution in [0.3, 0.4) is 0 Å². The van der Waals surface area contributed by atoms with Gasteiger partial charge in [0.05, 0.1) is 12.2 Å². The van der Waals surface area contributed by atoms with Crippen LogP contribution >= 0.6 is 0 Å². The zero-order valence-electron chi connectivity index (χ0n) is 15.1. The van der Waals surface area contributed by atoms with E-state index in [1.807, 2.05) is 56.4 Å². The minimum atomic E-state index is -0.290. The maximum Gasteiger partial charge on any atom is 0.257 e. The molecule has 6 heteroatoms. The first-order chi connectivity index (χ1) is 13.1. The Morgan fingerprint density at radius 3 is 2.63 bits per heavy atom. The predicted octanol–water partition coefficient (Wildman–Crippen LogP) is 3.26. The van der Waals surface area contributed by atoms with Crippen LogP contribution in [0.4, 0.5) is 0 Å². The van der Waals surface area contributed by atoms with Crippen molar-refractivity contribution in [3.05, 3.63) is 95.2 Å². The fraction of sp³-hybridized carbons (Fsp3) is 0.143. The SMILES string of the molecule is Cc1cnc2c(C(=O)N[C@H](c3ccncc3)c3ccccc3C)cnn2c1. The molecule has 1 aromatic carbocycles. The van der Waals surface area contributed by atoms with Gasteiger partial charge in [0.25, 0.3) is 5.91 Å². The molecule has 0 aliphatic heterocycles. The quantitative estimate of drug-likeness (QED) is 0.608. The smallest absolute Gasteiger partial charge is 0.257 e. The average molecular weight is 357 g/mol. The fourth-order valence-electron chi connectivity index (χ4n) is 3.14. The van der Waals surface area contributed by atoms with E-state index < -0.39 is 0 Å². The third-order valence-corrected chi connectivity index (χ3v) is 4.54. The third-order valence-electron chi connectivity index (χ3n) is 4.54. The Morgan fingerprint density at radius 1 is 1.07 bits per heavy atom. The largest absolute Gasteiger partial charge is 0.341 e. The summed E-state index contributed by atoms with van der Waals surface area (Å²) in [6.07, 6.45) is 8.59. The van der Waals surface area contributed by atoms with Gasteiger partial charge in [0.2, 0.25) is 0 Å². The van der Waals surface area contributed by atoms with Gasteiger partial charge in [-0.15, -0.1) is 0 Å². The molecule has 3 heterocycles. The van der Waals surface area contributed by atoms with E-state index >= 15 is 0 Å². The number of hydrogen-bond donors (Lipinski definition) is 1. The van der Waals surface area contributed by atoms with Gasteiger partial charge in [0.1, 0.15) is 5.56 Å². The van der Waals surface area contributed by atoms with Crippen molar-refractivity contribution in [2.24, 2.45) is 0 Å².